The van der Waals surface area contributed by atoms with Crippen molar-refractivity contribution in [1.82, 2.24) is 14.5 Å². The number of β-amino-alcohol motifs (C(OH)–C–C–N with tert-alkyl or cyclic N) is 1. The average Bonchev–Trinajstić information content (AvgIpc) is 2.90. The van der Waals surface area contributed by atoms with Crippen LogP contribution < -0.4 is 0 Å². The van der Waals surface area contributed by atoms with E-state index in [-0.39, 0.29) is 25.3 Å². The molecule has 0 aromatic carbocycles. The molecule has 2 heterocycles. The minimum atomic E-state index is -0.988. The van der Waals surface area contributed by atoms with E-state index in [1.54, 1.807) is 11.8 Å². The molecule has 1 aliphatic heterocycles. The molecule has 1 saturated heterocycles. The Morgan fingerprint density at radius 3 is 2.90 bits per heavy atom. The summed E-state index contributed by atoms with van der Waals surface area (Å²) in [6.07, 6.45) is 0.693. The summed E-state index contributed by atoms with van der Waals surface area (Å²) in [7, 11) is 0. The van der Waals surface area contributed by atoms with Crippen molar-refractivity contribution in [1.29, 1.82) is 0 Å². The number of hydrogen-bond acceptors (Lipinski definition) is 6. The van der Waals surface area contributed by atoms with Crippen LogP contribution >= 0.6 is 0 Å². The summed E-state index contributed by atoms with van der Waals surface area (Å²) in [4.78, 5) is 26.9. The highest BCUT2D eigenvalue weighted by atomic mass is 16.6. The van der Waals surface area contributed by atoms with Crippen LogP contribution in [0.4, 0.5) is 5.82 Å². The topological polar surface area (TPSA) is 122 Å². The molecular weight excluding hydrogens is 268 g/mol. The predicted molar refractivity (Wildman–Crippen MR) is 67.2 cm³/mol. The zero-order valence-corrected chi connectivity index (χ0v) is 11.0. The SMILES string of the molecule is Cc1ncc([N+](=O)[O-])n1CCN1CC(O)CC1C(=O)O. The maximum atomic E-state index is 11.1. The van der Waals surface area contributed by atoms with Crippen molar-refractivity contribution < 1.29 is 19.9 Å². The summed E-state index contributed by atoms with van der Waals surface area (Å²) in [5, 5.41) is 29.5. The number of imidazole rings is 1. The van der Waals surface area contributed by atoms with E-state index in [4.69, 9.17) is 5.11 Å². The molecule has 2 atom stereocenters. The minimum Gasteiger partial charge on any atom is -0.480 e. The second kappa shape index (κ2) is 5.55. The van der Waals surface area contributed by atoms with E-state index in [9.17, 15) is 20.0 Å². The number of likely N-dealkylation sites (tertiary alicyclic amines) is 1. The first kappa shape index (κ1) is 14.4. The molecule has 110 valence electrons. The van der Waals surface area contributed by atoms with E-state index in [0.29, 0.717) is 12.4 Å². The first-order valence-corrected chi connectivity index (χ1v) is 6.21. The minimum absolute atomic E-state index is 0.117. The van der Waals surface area contributed by atoms with Gasteiger partial charge in [0.05, 0.1) is 6.10 Å². The van der Waals surface area contributed by atoms with Gasteiger partial charge in [0.2, 0.25) is 0 Å². The number of aliphatic hydroxyl groups excluding tert-OH is 1. The van der Waals surface area contributed by atoms with Gasteiger partial charge in [-0.2, -0.15) is 0 Å². The van der Waals surface area contributed by atoms with Gasteiger partial charge in [0.25, 0.3) is 0 Å². The number of nitro groups is 1. The Balaban J connectivity index is 2.07. The zero-order chi connectivity index (χ0) is 14.9. The number of carboxylic acids is 1. The molecule has 9 nitrogen and oxygen atoms in total. The van der Waals surface area contributed by atoms with Gasteiger partial charge >= 0.3 is 11.8 Å². The molecule has 0 saturated carbocycles. The number of rotatable bonds is 5. The number of aliphatic carboxylic acids is 1. The van der Waals surface area contributed by atoms with E-state index >= 15 is 0 Å². The van der Waals surface area contributed by atoms with Gasteiger partial charge < -0.3 is 20.3 Å². The van der Waals surface area contributed by atoms with Crippen molar-refractivity contribution in [3.05, 3.63) is 22.1 Å². The summed E-state index contributed by atoms with van der Waals surface area (Å²) in [6, 6.07) is -0.743. The van der Waals surface area contributed by atoms with Crippen molar-refractivity contribution in [2.75, 3.05) is 13.1 Å². The van der Waals surface area contributed by atoms with E-state index < -0.39 is 23.0 Å². The third kappa shape index (κ3) is 2.78. The molecule has 2 unspecified atom stereocenters. The molecule has 1 aliphatic rings. The van der Waals surface area contributed by atoms with Gasteiger partial charge in [0.15, 0.2) is 5.82 Å². The van der Waals surface area contributed by atoms with Gasteiger partial charge in [-0.05, 0) is 4.92 Å². The van der Waals surface area contributed by atoms with E-state index in [1.165, 1.54) is 10.8 Å². The lowest BCUT2D eigenvalue weighted by atomic mass is 10.2. The van der Waals surface area contributed by atoms with Gasteiger partial charge in [0.1, 0.15) is 18.8 Å². The third-order valence-corrected chi connectivity index (χ3v) is 3.50. The van der Waals surface area contributed by atoms with Crippen LogP contribution in [-0.4, -0.2) is 60.8 Å². The van der Waals surface area contributed by atoms with Crippen LogP contribution in [0.15, 0.2) is 6.20 Å². The van der Waals surface area contributed by atoms with Crippen molar-refractivity contribution in [3.8, 4) is 0 Å². The molecule has 9 heteroatoms. The Morgan fingerprint density at radius 2 is 2.30 bits per heavy atom. The lowest BCUT2D eigenvalue weighted by Gasteiger charge is -2.19. The highest BCUT2D eigenvalue weighted by Gasteiger charge is 2.36. The molecule has 0 amide bonds. The Morgan fingerprint density at radius 1 is 1.60 bits per heavy atom. The summed E-state index contributed by atoms with van der Waals surface area (Å²) < 4.78 is 1.43. The number of nitrogens with zero attached hydrogens (tertiary/aromatic N) is 4. The summed E-state index contributed by atoms with van der Waals surface area (Å²) in [5.74, 6) is -0.601. The van der Waals surface area contributed by atoms with Crippen LogP contribution in [0.1, 0.15) is 12.2 Å². The summed E-state index contributed by atoms with van der Waals surface area (Å²) in [5.41, 5.74) is 0. The van der Waals surface area contributed by atoms with Crippen molar-refractivity contribution in [2.24, 2.45) is 0 Å². The zero-order valence-electron chi connectivity index (χ0n) is 11.0. The highest BCUT2D eigenvalue weighted by molar-refractivity contribution is 5.74. The number of carbonyl (C=O) groups is 1. The van der Waals surface area contributed by atoms with Crippen molar-refractivity contribution >= 4 is 11.8 Å². The summed E-state index contributed by atoms with van der Waals surface area (Å²) >= 11 is 0. The second-order valence-electron chi connectivity index (χ2n) is 4.81. The molecule has 1 aromatic heterocycles. The second-order valence-corrected chi connectivity index (χ2v) is 4.81. The molecule has 1 aromatic rings. The number of aliphatic hydroxyl groups is 1. The number of hydrogen-bond donors (Lipinski definition) is 2. The number of carboxylic acid groups (broad SMARTS) is 1. The van der Waals surface area contributed by atoms with Crippen LogP contribution in [0.5, 0.6) is 0 Å². The fourth-order valence-electron chi connectivity index (χ4n) is 2.49. The molecule has 2 N–H and O–H groups in total. The van der Waals surface area contributed by atoms with Crippen LogP contribution in [0.2, 0.25) is 0 Å². The van der Waals surface area contributed by atoms with E-state index in [2.05, 4.69) is 4.98 Å². The molecule has 0 spiro atoms. The predicted octanol–water partition coefficient (Wildman–Crippen LogP) is -0.380. The lowest BCUT2D eigenvalue weighted by Crippen LogP contribution is -2.38. The van der Waals surface area contributed by atoms with Gasteiger partial charge in [-0.1, -0.05) is 0 Å². The van der Waals surface area contributed by atoms with Crippen LogP contribution in [0, 0.1) is 17.0 Å². The third-order valence-electron chi connectivity index (χ3n) is 3.50. The molecular formula is C11H16N4O5. The number of aromatic nitrogens is 2. The number of aryl methyl sites for hydroxylation is 1. The normalized spacial score (nSPS) is 23.1. The van der Waals surface area contributed by atoms with Crippen molar-refractivity contribution in [2.45, 2.75) is 32.0 Å². The monoisotopic (exact) mass is 284 g/mol. The Bertz CT molecular complexity index is 529. The van der Waals surface area contributed by atoms with Gasteiger partial charge in [-0.15, -0.1) is 0 Å². The molecule has 0 radical (unpaired) electrons. The lowest BCUT2D eigenvalue weighted by molar-refractivity contribution is -0.392. The molecule has 1 fully saturated rings. The maximum absolute atomic E-state index is 11.1. The Hall–Kier alpha value is -2.00. The van der Waals surface area contributed by atoms with Gasteiger partial charge in [-0.25, -0.2) is 9.55 Å². The average molecular weight is 284 g/mol. The van der Waals surface area contributed by atoms with Crippen LogP contribution in [0.3, 0.4) is 0 Å². The molecule has 20 heavy (non-hydrogen) atoms. The first-order chi connectivity index (χ1) is 9.40. The maximum Gasteiger partial charge on any atom is 0.342 e. The van der Waals surface area contributed by atoms with Crippen LogP contribution in [-0.2, 0) is 11.3 Å². The van der Waals surface area contributed by atoms with E-state index in [1.807, 2.05) is 0 Å². The van der Waals surface area contributed by atoms with Crippen LogP contribution in [0.25, 0.3) is 0 Å². The fraction of sp³-hybridized carbons (Fsp3) is 0.636. The van der Waals surface area contributed by atoms with E-state index in [0.717, 1.165) is 0 Å². The Labute approximate surface area is 114 Å². The smallest absolute Gasteiger partial charge is 0.342 e. The van der Waals surface area contributed by atoms with Gasteiger partial charge in [-0.3, -0.25) is 9.69 Å². The Kier molecular flexibility index (Phi) is 4.00. The largest absolute Gasteiger partial charge is 0.480 e. The van der Waals surface area contributed by atoms with Gasteiger partial charge in [0, 0.05) is 26.4 Å². The van der Waals surface area contributed by atoms with Crippen molar-refractivity contribution in [3.63, 3.8) is 0 Å². The summed E-state index contributed by atoms with van der Waals surface area (Å²) in [6.45, 7) is 2.49. The fourth-order valence-corrected chi connectivity index (χ4v) is 2.49. The molecule has 0 bridgehead atoms. The molecule has 2 rings (SSSR count). The standard InChI is InChI=1S/C11H16N4O5/c1-7-12-5-10(15(19)20)14(7)3-2-13-6-8(16)4-9(13)11(17)18/h5,8-9,16H,2-4,6H2,1H3,(H,17,18). The molecule has 0 aliphatic carbocycles. The highest BCUT2D eigenvalue weighted by Crippen LogP contribution is 2.19. The first-order valence-electron chi connectivity index (χ1n) is 6.21. The quantitative estimate of drug-likeness (QED) is 0.558.